The van der Waals surface area contributed by atoms with E-state index in [2.05, 4.69) is 43.0 Å². The highest BCUT2D eigenvalue weighted by molar-refractivity contribution is 5.95. The molecule has 0 fully saturated rings. The summed E-state index contributed by atoms with van der Waals surface area (Å²) < 4.78 is 0. The number of benzene rings is 2. The number of hydrogen-bond donors (Lipinski definition) is 1. The van der Waals surface area contributed by atoms with E-state index < -0.39 is 5.41 Å². The van der Waals surface area contributed by atoms with Crippen molar-refractivity contribution >= 4 is 16.7 Å². The van der Waals surface area contributed by atoms with E-state index in [9.17, 15) is 4.79 Å². The number of primary amides is 1. The molecule has 2 N–H and O–H groups in total. The smallest absolute Gasteiger partial charge is 0.228 e. The second kappa shape index (κ2) is 6.49. The van der Waals surface area contributed by atoms with Gasteiger partial charge < -0.3 is 10.6 Å². The molecule has 118 valence electrons. The first-order chi connectivity index (χ1) is 10.4. The van der Waals surface area contributed by atoms with Gasteiger partial charge in [0.05, 0.1) is 5.41 Å². The summed E-state index contributed by atoms with van der Waals surface area (Å²) in [5.41, 5.74) is 6.33. The number of rotatable bonds is 6. The van der Waals surface area contributed by atoms with Crippen molar-refractivity contribution in [3.05, 3.63) is 48.0 Å². The van der Waals surface area contributed by atoms with E-state index in [0.29, 0.717) is 0 Å². The Morgan fingerprint density at radius 2 is 1.77 bits per heavy atom. The van der Waals surface area contributed by atoms with Gasteiger partial charge in [0.25, 0.3) is 0 Å². The molecule has 3 nitrogen and oxygen atoms in total. The molecule has 2 aromatic rings. The van der Waals surface area contributed by atoms with Gasteiger partial charge in [0, 0.05) is 0 Å². The van der Waals surface area contributed by atoms with Gasteiger partial charge in [-0.1, -0.05) is 56.3 Å². The Kier molecular flexibility index (Phi) is 4.87. The number of fused-ring (bicyclic) bond motifs is 1. The second-order valence-electron chi connectivity index (χ2n) is 6.57. The summed E-state index contributed by atoms with van der Waals surface area (Å²) in [6.45, 7) is 4.99. The van der Waals surface area contributed by atoms with E-state index in [4.69, 9.17) is 5.73 Å². The Morgan fingerprint density at radius 1 is 1.14 bits per heavy atom. The molecule has 0 spiro atoms. The van der Waals surface area contributed by atoms with E-state index >= 15 is 0 Å². The lowest BCUT2D eigenvalue weighted by molar-refractivity contribution is -0.125. The zero-order valence-corrected chi connectivity index (χ0v) is 14.0. The van der Waals surface area contributed by atoms with Gasteiger partial charge in [0.2, 0.25) is 5.91 Å². The van der Waals surface area contributed by atoms with Crippen LogP contribution in [0, 0.1) is 5.92 Å². The molecular formula is C19H26N2O. The van der Waals surface area contributed by atoms with Crippen LogP contribution in [0.15, 0.2) is 42.5 Å². The first kappa shape index (κ1) is 16.5. The quantitative estimate of drug-likeness (QED) is 0.890. The monoisotopic (exact) mass is 298 g/mol. The summed E-state index contributed by atoms with van der Waals surface area (Å²) in [7, 11) is 4.05. The number of nitrogens with two attached hydrogens (primary N) is 1. The molecular weight excluding hydrogens is 272 g/mol. The molecule has 0 bridgehead atoms. The minimum absolute atomic E-state index is 0.135. The van der Waals surface area contributed by atoms with Crippen molar-refractivity contribution in [3.63, 3.8) is 0 Å². The highest BCUT2D eigenvalue weighted by atomic mass is 16.1. The summed E-state index contributed by atoms with van der Waals surface area (Å²) in [6.07, 6.45) is 0.723. The lowest BCUT2D eigenvalue weighted by atomic mass is 9.67. The van der Waals surface area contributed by atoms with Crippen LogP contribution >= 0.6 is 0 Å². The zero-order chi connectivity index (χ0) is 16.3. The molecule has 0 heterocycles. The molecule has 2 rings (SSSR count). The van der Waals surface area contributed by atoms with Gasteiger partial charge in [-0.15, -0.1) is 0 Å². The van der Waals surface area contributed by atoms with Gasteiger partial charge in [-0.05, 0) is 49.3 Å². The number of carbonyl (C=O) groups excluding carboxylic acids is 1. The zero-order valence-electron chi connectivity index (χ0n) is 14.0. The van der Waals surface area contributed by atoms with Gasteiger partial charge >= 0.3 is 0 Å². The number of nitrogens with zero attached hydrogens (tertiary/aromatic N) is 1. The van der Waals surface area contributed by atoms with Crippen molar-refractivity contribution in [2.75, 3.05) is 20.6 Å². The van der Waals surface area contributed by atoms with Crippen LogP contribution in [0.5, 0.6) is 0 Å². The number of carbonyl (C=O) groups is 1. The number of amides is 1. The standard InChI is InChI=1S/C19H26N2O/c1-14(2)19(18(20)22,12-13-21(3)4)17-11-7-9-15-8-5-6-10-16(15)17/h5-11,14H,12-13H2,1-4H3,(H2,20,22)/t19-/m1/s1. The molecule has 1 amide bonds. The molecule has 0 aliphatic rings. The molecule has 1 atom stereocenters. The van der Waals surface area contributed by atoms with Crippen molar-refractivity contribution in [1.82, 2.24) is 4.90 Å². The van der Waals surface area contributed by atoms with Gasteiger partial charge in [0.15, 0.2) is 0 Å². The SMILES string of the molecule is CC(C)[C@@](CCN(C)C)(C(N)=O)c1cccc2ccccc12. The molecule has 0 saturated carbocycles. The average molecular weight is 298 g/mol. The van der Waals surface area contributed by atoms with Crippen LogP contribution in [0.25, 0.3) is 10.8 Å². The van der Waals surface area contributed by atoms with Crippen LogP contribution in [0.4, 0.5) is 0 Å². The Bertz CT molecular complexity index is 658. The lowest BCUT2D eigenvalue weighted by Gasteiger charge is -2.37. The van der Waals surface area contributed by atoms with Gasteiger partial charge in [-0.3, -0.25) is 4.79 Å². The Labute approximate surface area is 133 Å². The molecule has 0 aromatic heterocycles. The van der Waals surface area contributed by atoms with Crippen LogP contribution in [0.3, 0.4) is 0 Å². The Balaban J connectivity index is 2.68. The predicted octanol–water partition coefficient (Wildman–Crippen LogP) is 3.17. The fourth-order valence-corrected chi connectivity index (χ4v) is 3.29. The molecule has 0 unspecified atom stereocenters. The van der Waals surface area contributed by atoms with Crippen LogP contribution < -0.4 is 5.73 Å². The van der Waals surface area contributed by atoms with E-state index in [1.165, 1.54) is 0 Å². The minimum atomic E-state index is -0.648. The molecule has 0 aliphatic heterocycles. The summed E-state index contributed by atoms with van der Waals surface area (Å²) in [4.78, 5) is 14.6. The van der Waals surface area contributed by atoms with Crippen molar-refractivity contribution in [3.8, 4) is 0 Å². The highest BCUT2D eigenvalue weighted by Crippen LogP contribution is 2.39. The van der Waals surface area contributed by atoms with E-state index in [0.717, 1.165) is 29.3 Å². The summed E-state index contributed by atoms with van der Waals surface area (Å²) in [5, 5.41) is 2.27. The van der Waals surface area contributed by atoms with Crippen molar-refractivity contribution in [1.29, 1.82) is 0 Å². The first-order valence-corrected chi connectivity index (χ1v) is 7.82. The molecule has 0 saturated heterocycles. The predicted molar refractivity (Wildman–Crippen MR) is 92.8 cm³/mol. The summed E-state index contributed by atoms with van der Waals surface area (Å²) in [6, 6.07) is 14.4. The molecule has 0 aliphatic carbocycles. The summed E-state index contributed by atoms with van der Waals surface area (Å²) in [5.74, 6) is -0.101. The third kappa shape index (κ3) is 2.86. The van der Waals surface area contributed by atoms with Crippen LogP contribution in [-0.4, -0.2) is 31.4 Å². The maximum atomic E-state index is 12.5. The highest BCUT2D eigenvalue weighted by Gasteiger charge is 2.42. The molecule has 22 heavy (non-hydrogen) atoms. The maximum absolute atomic E-state index is 12.5. The fraction of sp³-hybridized carbons (Fsp3) is 0.421. The van der Waals surface area contributed by atoms with Crippen LogP contribution in [-0.2, 0) is 10.2 Å². The van der Waals surface area contributed by atoms with E-state index in [1.807, 2.05) is 32.3 Å². The molecule has 2 aromatic carbocycles. The van der Waals surface area contributed by atoms with Crippen molar-refractivity contribution in [2.24, 2.45) is 11.7 Å². The van der Waals surface area contributed by atoms with E-state index in [1.54, 1.807) is 0 Å². The average Bonchev–Trinajstić information content (AvgIpc) is 2.47. The van der Waals surface area contributed by atoms with Crippen molar-refractivity contribution in [2.45, 2.75) is 25.7 Å². The molecule has 3 heteroatoms. The van der Waals surface area contributed by atoms with Gasteiger partial charge in [-0.2, -0.15) is 0 Å². The fourth-order valence-electron chi connectivity index (χ4n) is 3.29. The van der Waals surface area contributed by atoms with Gasteiger partial charge in [-0.25, -0.2) is 0 Å². The van der Waals surface area contributed by atoms with Crippen LogP contribution in [0.2, 0.25) is 0 Å². The van der Waals surface area contributed by atoms with Crippen molar-refractivity contribution < 1.29 is 4.79 Å². The number of hydrogen-bond acceptors (Lipinski definition) is 2. The lowest BCUT2D eigenvalue weighted by Crippen LogP contribution is -2.47. The third-order valence-corrected chi connectivity index (χ3v) is 4.65. The van der Waals surface area contributed by atoms with Gasteiger partial charge in [0.1, 0.15) is 0 Å². The maximum Gasteiger partial charge on any atom is 0.228 e. The minimum Gasteiger partial charge on any atom is -0.369 e. The van der Waals surface area contributed by atoms with E-state index in [-0.39, 0.29) is 11.8 Å². The normalized spacial score (nSPS) is 14.5. The third-order valence-electron chi connectivity index (χ3n) is 4.65. The second-order valence-corrected chi connectivity index (χ2v) is 6.57. The largest absolute Gasteiger partial charge is 0.369 e. The Hall–Kier alpha value is -1.87. The topological polar surface area (TPSA) is 46.3 Å². The van der Waals surface area contributed by atoms with Crippen LogP contribution in [0.1, 0.15) is 25.8 Å². The first-order valence-electron chi connectivity index (χ1n) is 7.82. The Morgan fingerprint density at radius 3 is 2.36 bits per heavy atom. The molecule has 0 radical (unpaired) electrons. The summed E-state index contributed by atoms with van der Waals surface area (Å²) >= 11 is 0.